The minimum absolute atomic E-state index is 0.225. The van der Waals surface area contributed by atoms with Gasteiger partial charge < -0.3 is 4.57 Å². The van der Waals surface area contributed by atoms with E-state index in [9.17, 15) is 27.6 Å². The Kier molecular flexibility index (Phi) is 5.43. The van der Waals surface area contributed by atoms with Crippen LogP contribution in [0.5, 0.6) is 0 Å². The van der Waals surface area contributed by atoms with Crippen molar-refractivity contribution in [3.8, 4) is 5.69 Å². The minimum Gasteiger partial charge on any atom is -0.317 e. The van der Waals surface area contributed by atoms with Gasteiger partial charge in [-0.2, -0.15) is 13.2 Å². The van der Waals surface area contributed by atoms with Crippen LogP contribution in [0.3, 0.4) is 0 Å². The number of carbonyl (C=O) groups is 3. The monoisotopic (exact) mass is 431 g/mol. The topological polar surface area (TPSA) is 71.4 Å². The highest BCUT2D eigenvalue weighted by atomic mass is 19.4. The molecule has 2 aromatic rings. The predicted octanol–water partition coefficient (Wildman–Crippen LogP) is 4.29. The van der Waals surface area contributed by atoms with Crippen LogP contribution in [0.1, 0.15) is 43.4 Å². The number of carbonyl (C=O) groups excluding carboxylic acids is 3. The Morgan fingerprint density at radius 1 is 1.00 bits per heavy atom. The molecule has 4 rings (SSSR count). The number of nitrogens with zero attached hydrogens (tertiary/aromatic N) is 2. The van der Waals surface area contributed by atoms with Gasteiger partial charge in [-0.05, 0) is 49.2 Å². The molecule has 1 aromatic carbocycles. The molecule has 9 heteroatoms. The van der Waals surface area contributed by atoms with E-state index >= 15 is 0 Å². The average molecular weight is 431 g/mol. The zero-order valence-corrected chi connectivity index (χ0v) is 16.5. The second kappa shape index (κ2) is 8.05. The van der Waals surface area contributed by atoms with Crippen molar-refractivity contribution < 1.29 is 27.6 Å². The Bertz CT molecular complexity index is 1070. The van der Waals surface area contributed by atoms with Crippen LogP contribution in [0.15, 0.2) is 48.2 Å². The van der Waals surface area contributed by atoms with Crippen molar-refractivity contribution in [2.75, 3.05) is 0 Å². The number of barbiturate groups is 1. The summed E-state index contributed by atoms with van der Waals surface area (Å²) in [5.74, 6) is -1.50. The number of halogens is 3. The Balaban J connectivity index is 1.69. The Labute approximate surface area is 176 Å². The van der Waals surface area contributed by atoms with Crippen LogP contribution in [0, 0.1) is 0 Å². The minimum atomic E-state index is -4.50. The molecule has 0 bridgehead atoms. The fraction of sp³-hybridized carbons (Fsp3) is 0.318. The Morgan fingerprint density at radius 2 is 1.74 bits per heavy atom. The second-order valence-corrected chi connectivity index (χ2v) is 7.64. The van der Waals surface area contributed by atoms with Gasteiger partial charge in [-0.15, -0.1) is 0 Å². The smallest absolute Gasteiger partial charge is 0.317 e. The average Bonchev–Trinajstić information content (AvgIpc) is 3.19. The van der Waals surface area contributed by atoms with E-state index in [2.05, 4.69) is 5.32 Å². The first-order valence-electron chi connectivity index (χ1n) is 10.0. The first-order chi connectivity index (χ1) is 14.8. The van der Waals surface area contributed by atoms with E-state index in [1.165, 1.54) is 29.0 Å². The van der Waals surface area contributed by atoms with Crippen molar-refractivity contribution in [2.24, 2.45) is 0 Å². The number of aromatic nitrogens is 1. The van der Waals surface area contributed by atoms with E-state index in [0.29, 0.717) is 18.5 Å². The molecule has 1 aromatic heterocycles. The van der Waals surface area contributed by atoms with Gasteiger partial charge in [0.05, 0.1) is 5.56 Å². The van der Waals surface area contributed by atoms with Crippen LogP contribution >= 0.6 is 0 Å². The molecule has 1 saturated heterocycles. The van der Waals surface area contributed by atoms with Crippen LogP contribution in [-0.2, 0) is 15.8 Å². The van der Waals surface area contributed by atoms with E-state index in [4.69, 9.17) is 0 Å². The molecule has 1 saturated carbocycles. The molecule has 0 unspecified atom stereocenters. The summed E-state index contributed by atoms with van der Waals surface area (Å²) in [7, 11) is 0. The van der Waals surface area contributed by atoms with Crippen LogP contribution in [0.25, 0.3) is 11.8 Å². The van der Waals surface area contributed by atoms with Gasteiger partial charge in [0.25, 0.3) is 11.8 Å². The third-order valence-corrected chi connectivity index (χ3v) is 5.60. The Morgan fingerprint density at radius 3 is 2.45 bits per heavy atom. The normalized spacial score (nSPS) is 19.8. The van der Waals surface area contributed by atoms with Gasteiger partial charge in [-0.3, -0.25) is 19.8 Å². The largest absolute Gasteiger partial charge is 0.416 e. The first kappa shape index (κ1) is 20.9. The second-order valence-electron chi connectivity index (χ2n) is 7.64. The van der Waals surface area contributed by atoms with E-state index in [0.717, 1.165) is 36.3 Å². The summed E-state index contributed by atoms with van der Waals surface area (Å²) in [5.41, 5.74) is -0.457. The van der Waals surface area contributed by atoms with Gasteiger partial charge in [0.15, 0.2) is 0 Å². The molecule has 6 nitrogen and oxygen atoms in total. The number of amides is 4. The molecular weight excluding hydrogens is 411 g/mol. The van der Waals surface area contributed by atoms with E-state index in [1.54, 1.807) is 12.1 Å². The van der Waals surface area contributed by atoms with E-state index in [1.807, 2.05) is 0 Å². The number of hydrogen-bond donors (Lipinski definition) is 1. The summed E-state index contributed by atoms with van der Waals surface area (Å²) in [6, 6.07) is 6.92. The molecule has 1 aliphatic carbocycles. The van der Waals surface area contributed by atoms with Gasteiger partial charge >= 0.3 is 12.2 Å². The van der Waals surface area contributed by atoms with Crippen LogP contribution < -0.4 is 5.32 Å². The molecule has 2 fully saturated rings. The van der Waals surface area contributed by atoms with E-state index < -0.39 is 29.6 Å². The van der Waals surface area contributed by atoms with E-state index in [-0.39, 0.29) is 17.3 Å². The molecule has 162 valence electrons. The Hall–Kier alpha value is -3.36. The maximum Gasteiger partial charge on any atom is 0.416 e. The molecule has 0 spiro atoms. The summed E-state index contributed by atoms with van der Waals surface area (Å²) in [4.78, 5) is 38.8. The number of imide groups is 2. The maximum absolute atomic E-state index is 13.1. The number of hydrogen-bond acceptors (Lipinski definition) is 3. The number of urea groups is 1. The summed E-state index contributed by atoms with van der Waals surface area (Å²) < 4.78 is 40.7. The summed E-state index contributed by atoms with van der Waals surface area (Å²) in [6.07, 6.45) is 2.54. The molecule has 2 heterocycles. The third kappa shape index (κ3) is 4.12. The van der Waals surface area contributed by atoms with Crippen molar-refractivity contribution in [2.45, 2.75) is 44.3 Å². The predicted molar refractivity (Wildman–Crippen MR) is 106 cm³/mol. The van der Waals surface area contributed by atoms with Crippen LogP contribution in [-0.4, -0.2) is 33.4 Å². The molecular formula is C22H20F3N3O3. The first-order valence-corrected chi connectivity index (χ1v) is 10.0. The fourth-order valence-electron chi connectivity index (χ4n) is 4.07. The standard InChI is InChI=1S/C22H20F3N3O3/c23-22(24,25)14-6-4-9-16(12-14)27-11-5-10-17(27)13-18-19(29)26-21(31)28(20(18)30)15-7-2-1-3-8-15/h4-6,9-13,15H,1-3,7-8H2,(H,26,29,31). The SMILES string of the molecule is O=C1NC(=O)N(C2CCCCC2)C(=O)C1=Cc1cccn1-c1cccc(C(F)(F)F)c1. The third-order valence-electron chi connectivity index (χ3n) is 5.60. The zero-order chi connectivity index (χ0) is 22.2. The van der Waals surface area contributed by atoms with Crippen LogP contribution in [0.2, 0.25) is 0 Å². The molecule has 1 aliphatic heterocycles. The summed E-state index contributed by atoms with van der Waals surface area (Å²) >= 11 is 0. The highest BCUT2D eigenvalue weighted by Crippen LogP contribution is 2.31. The highest BCUT2D eigenvalue weighted by Gasteiger charge is 2.40. The number of alkyl halides is 3. The number of benzene rings is 1. The van der Waals surface area contributed by atoms with Gasteiger partial charge in [-0.1, -0.05) is 25.3 Å². The van der Waals surface area contributed by atoms with Gasteiger partial charge in [0.2, 0.25) is 0 Å². The molecule has 0 radical (unpaired) electrons. The van der Waals surface area contributed by atoms with Crippen molar-refractivity contribution in [1.82, 2.24) is 14.8 Å². The lowest BCUT2D eigenvalue weighted by atomic mass is 9.93. The quantitative estimate of drug-likeness (QED) is 0.582. The van der Waals surface area contributed by atoms with Gasteiger partial charge in [0.1, 0.15) is 5.57 Å². The lowest BCUT2D eigenvalue weighted by Gasteiger charge is -2.35. The van der Waals surface area contributed by atoms with Crippen molar-refractivity contribution in [1.29, 1.82) is 0 Å². The fourth-order valence-corrected chi connectivity index (χ4v) is 4.07. The lowest BCUT2D eigenvalue weighted by Crippen LogP contribution is -2.58. The maximum atomic E-state index is 13.1. The number of nitrogens with one attached hydrogen (secondary N) is 1. The molecule has 2 aliphatic rings. The van der Waals surface area contributed by atoms with Crippen molar-refractivity contribution >= 4 is 23.9 Å². The van der Waals surface area contributed by atoms with Crippen molar-refractivity contribution in [3.05, 3.63) is 59.4 Å². The molecule has 1 N–H and O–H groups in total. The van der Waals surface area contributed by atoms with Crippen LogP contribution in [0.4, 0.5) is 18.0 Å². The highest BCUT2D eigenvalue weighted by molar-refractivity contribution is 6.31. The summed E-state index contributed by atoms with van der Waals surface area (Å²) in [5, 5.41) is 2.21. The summed E-state index contributed by atoms with van der Waals surface area (Å²) in [6.45, 7) is 0. The molecule has 31 heavy (non-hydrogen) atoms. The zero-order valence-electron chi connectivity index (χ0n) is 16.5. The van der Waals surface area contributed by atoms with Gasteiger partial charge in [0, 0.05) is 23.6 Å². The molecule has 4 amide bonds. The van der Waals surface area contributed by atoms with Gasteiger partial charge in [-0.25, -0.2) is 4.79 Å². The number of rotatable bonds is 3. The molecule has 0 atom stereocenters. The lowest BCUT2D eigenvalue weighted by molar-refractivity contribution is -0.137. The van der Waals surface area contributed by atoms with Crippen molar-refractivity contribution in [3.63, 3.8) is 0 Å².